The number of allylic oxidation sites excluding steroid dienone is 14. The fourth-order valence-corrected chi connectivity index (χ4v) is 6.99. The monoisotopic (exact) mass is 877 g/mol. The molecule has 0 unspecified atom stereocenters. The van der Waals surface area contributed by atoms with Crippen LogP contribution in [0.5, 0.6) is 0 Å². The molecule has 0 aliphatic carbocycles. The first-order valence-electron chi connectivity index (χ1n) is 26.1. The highest BCUT2D eigenvalue weighted by atomic mass is 16.6. The van der Waals surface area contributed by atoms with Crippen LogP contribution in [0.4, 0.5) is 0 Å². The molecule has 0 bridgehead atoms. The molecular formula is C57H96O6. The third-order valence-corrected chi connectivity index (χ3v) is 10.9. The summed E-state index contributed by atoms with van der Waals surface area (Å²) < 4.78 is 16.8. The maximum atomic E-state index is 12.8. The lowest BCUT2D eigenvalue weighted by molar-refractivity contribution is -0.167. The minimum Gasteiger partial charge on any atom is -0.462 e. The van der Waals surface area contributed by atoms with E-state index in [-0.39, 0.29) is 31.1 Å². The summed E-state index contributed by atoms with van der Waals surface area (Å²) in [6, 6.07) is 0. The highest BCUT2D eigenvalue weighted by Crippen LogP contribution is 2.14. The minimum atomic E-state index is -0.796. The maximum Gasteiger partial charge on any atom is 0.306 e. The van der Waals surface area contributed by atoms with Gasteiger partial charge in [-0.25, -0.2) is 0 Å². The third-order valence-electron chi connectivity index (χ3n) is 10.9. The van der Waals surface area contributed by atoms with E-state index in [1.54, 1.807) is 0 Å². The van der Waals surface area contributed by atoms with Crippen molar-refractivity contribution >= 4 is 17.9 Å². The van der Waals surface area contributed by atoms with Crippen molar-refractivity contribution < 1.29 is 28.6 Å². The zero-order valence-electron chi connectivity index (χ0n) is 41.1. The molecule has 0 rings (SSSR count). The first-order valence-corrected chi connectivity index (χ1v) is 26.1. The summed E-state index contributed by atoms with van der Waals surface area (Å²) in [5.41, 5.74) is 0. The third kappa shape index (κ3) is 49.5. The molecule has 0 aliphatic rings. The van der Waals surface area contributed by atoms with Crippen molar-refractivity contribution in [2.24, 2.45) is 0 Å². The lowest BCUT2D eigenvalue weighted by Crippen LogP contribution is -2.30. The Labute approximate surface area is 388 Å². The normalized spacial score (nSPS) is 12.7. The van der Waals surface area contributed by atoms with Gasteiger partial charge in [0.25, 0.3) is 0 Å². The van der Waals surface area contributed by atoms with Crippen LogP contribution in [-0.4, -0.2) is 37.2 Å². The van der Waals surface area contributed by atoms with Crippen LogP contribution in [0.25, 0.3) is 0 Å². The second-order valence-electron chi connectivity index (χ2n) is 17.0. The summed E-state index contributed by atoms with van der Waals surface area (Å²) in [4.78, 5) is 38.0. The highest BCUT2D eigenvalue weighted by molar-refractivity contribution is 5.71. The Balaban J connectivity index is 4.46. The van der Waals surface area contributed by atoms with Gasteiger partial charge in [-0.3, -0.25) is 14.4 Å². The van der Waals surface area contributed by atoms with E-state index in [1.807, 2.05) is 0 Å². The molecule has 0 heterocycles. The SMILES string of the molecule is CC/C=C\C/C=C\C/C=C\CCCCCCCC(=O)OC[C@H](COC(=O)CCCCCCC/C=C\CCCCCCCC)OC(=O)CCCCCCC/C=C\C/C=C\C/C=C\CC. The molecule has 0 amide bonds. The van der Waals surface area contributed by atoms with E-state index in [2.05, 4.69) is 106 Å². The van der Waals surface area contributed by atoms with Gasteiger partial charge in [0.15, 0.2) is 6.10 Å². The van der Waals surface area contributed by atoms with Gasteiger partial charge in [0, 0.05) is 19.3 Å². The maximum absolute atomic E-state index is 12.8. The van der Waals surface area contributed by atoms with Gasteiger partial charge >= 0.3 is 17.9 Å². The first kappa shape index (κ1) is 59.6. The summed E-state index contributed by atoms with van der Waals surface area (Å²) in [6.07, 6.45) is 65.6. The zero-order valence-corrected chi connectivity index (χ0v) is 41.1. The van der Waals surface area contributed by atoms with Gasteiger partial charge in [0.2, 0.25) is 0 Å². The Hall–Kier alpha value is -3.41. The van der Waals surface area contributed by atoms with Gasteiger partial charge in [-0.2, -0.15) is 0 Å². The molecule has 0 aromatic carbocycles. The fraction of sp³-hybridized carbons (Fsp3) is 0.702. The van der Waals surface area contributed by atoms with Crippen molar-refractivity contribution in [1.82, 2.24) is 0 Å². The van der Waals surface area contributed by atoms with E-state index in [0.29, 0.717) is 19.3 Å². The van der Waals surface area contributed by atoms with E-state index in [0.717, 1.165) is 141 Å². The van der Waals surface area contributed by atoms with Crippen LogP contribution in [0, 0.1) is 0 Å². The van der Waals surface area contributed by atoms with Gasteiger partial charge in [-0.05, 0) is 109 Å². The summed E-state index contributed by atoms with van der Waals surface area (Å²) >= 11 is 0. The molecule has 0 fully saturated rings. The second-order valence-corrected chi connectivity index (χ2v) is 17.0. The van der Waals surface area contributed by atoms with Gasteiger partial charge in [0.1, 0.15) is 13.2 Å². The zero-order chi connectivity index (χ0) is 45.8. The van der Waals surface area contributed by atoms with Crippen molar-refractivity contribution in [2.45, 2.75) is 245 Å². The van der Waals surface area contributed by atoms with Crippen molar-refractivity contribution in [3.63, 3.8) is 0 Å². The van der Waals surface area contributed by atoms with Crippen molar-refractivity contribution in [1.29, 1.82) is 0 Å². The lowest BCUT2D eigenvalue weighted by atomic mass is 10.1. The quantitative estimate of drug-likeness (QED) is 0.0262. The first-order chi connectivity index (χ1) is 31.0. The molecule has 0 aliphatic heterocycles. The fourth-order valence-electron chi connectivity index (χ4n) is 6.99. The predicted octanol–water partition coefficient (Wildman–Crippen LogP) is 17.2. The average molecular weight is 877 g/mol. The molecule has 0 spiro atoms. The van der Waals surface area contributed by atoms with E-state index < -0.39 is 6.10 Å². The number of rotatable bonds is 46. The number of carbonyl (C=O) groups is 3. The number of carbonyl (C=O) groups excluding carboxylic acids is 3. The Kier molecular flexibility index (Phi) is 48.5. The lowest BCUT2D eigenvalue weighted by Gasteiger charge is -2.18. The van der Waals surface area contributed by atoms with Crippen LogP contribution in [-0.2, 0) is 28.6 Å². The predicted molar refractivity (Wildman–Crippen MR) is 270 cm³/mol. The number of hydrogen-bond acceptors (Lipinski definition) is 6. The van der Waals surface area contributed by atoms with Crippen LogP contribution in [0.2, 0.25) is 0 Å². The summed E-state index contributed by atoms with van der Waals surface area (Å²) in [6.45, 7) is 6.37. The standard InChI is InChI=1S/C57H96O6/c1-4-7-10-13-16-19-22-25-28-31-34-37-40-43-46-49-55(58)61-52-54(63-57(60)51-48-45-42-39-36-33-30-27-24-21-18-15-12-9-6-3)53-62-56(59)50-47-44-41-38-35-32-29-26-23-20-17-14-11-8-5-2/h7,9-10,12,16,18-19,21,25-30,54H,4-6,8,11,13-15,17,20,22-24,31-53H2,1-3H3/b10-7-,12-9-,19-16-,21-18-,28-25-,29-26-,30-27-/t54-/m1/s1. The van der Waals surface area contributed by atoms with Crippen molar-refractivity contribution in [2.75, 3.05) is 13.2 Å². The number of esters is 3. The van der Waals surface area contributed by atoms with Gasteiger partial charge in [-0.15, -0.1) is 0 Å². The second kappa shape index (κ2) is 51.2. The molecule has 6 nitrogen and oxygen atoms in total. The smallest absolute Gasteiger partial charge is 0.306 e. The summed E-state index contributed by atoms with van der Waals surface area (Å²) in [7, 11) is 0. The highest BCUT2D eigenvalue weighted by Gasteiger charge is 2.19. The van der Waals surface area contributed by atoms with E-state index in [9.17, 15) is 14.4 Å². The molecule has 1 atom stereocenters. The van der Waals surface area contributed by atoms with Crippen LogP contribution < -0.4 is 0 Å². The molecular weight excluding hydrogens is 781 g/mol. The summed E-state index contributed by atoms with van der Waals surface area (Å²) in [5.74, 6) is -0.936. The molecule has 0 aromatic heterocycles. The van der Waals surface area contributed by atoms with Gasteiger partial charge in [0.05, 0.1) is 0 Å². The number of unbranched alkanes of at least 4 members (excludes halogenated alkanes) is 21. The van der Waals surface area contributed by atoms with Crippen LogP contribution in [0.1, 0.15) is 239 Å². The van der Waals surface area contributed by atoms with E-state index in [4.69, 9.17) is 14.2 Å². The van der Waals surface area contributed by atoms with Crippen LogP contribution in [0.3, 0.4) is 0 Å². The van der Waals surface area contributed by atoms with Crippen molar-refractivity contribution in [3.8, 4) is 0 Å². The largest absolute Gasteiger partial charge is 0.462 e. The van der Waals surface area contributed by atoms with E-state index >= 15 is 0 Å². The minimum absolute atomic E-state index is 0.0941. The number of hydrogen-bond donors (Lipinski definition) is 0. The molecule has 360 valence electrons. The van der Waals surface area contributed by atoms with Crippen LogP contribution in [0.15, 0.2) is 85.1 Å². The van der Waals surface area contributed by atoms with E-state index in [1.165, 1.54) is 57.8 Å². The molecule has 6 heteroatoms. The van der Waals surface area contributed by atoms with Gasteiger partial charge < -0.3 is 14.2 Å². The average Bonchev–Trinajstić information content (AvgIpc) is 3.28. The topological polar surface area (TPSA) is 78.9 Å². The van der Waals surface area contributed by atoms with Crippen LogP contribution >= 0.6 is 0 Å². The molecule has 0 saturated heterocycles. The molecule has 0 saturated carbocycles. The Morgan fingerprint density at radius 1 is 0.333 bits per heavy atom. The Morgan fingerprint density at radius 2 is 0.619 bits per heavy atom. The summed E-state index contributed by atoms with van der Waals surface area (Å²) in [5, 5.41) is 0. The Morgan fingerprint density at radius 3 is 0.984 bits per heavy atom. The molecule has 0 aromatic rings. The van der Waals surface area contributed by atoms with Crippen molar-refractivity contribution in [3.05, 3.63) is 85.1 Å². The Bertz CT molecular complexity index is 1240. The number of ether oxygens (including phenoxy) is 3. The van der Waals surface area contributed by atoms with Gasteiger partial charge in [-0.1, -0.05) is 196 Å². The molecule has 63 heavy (non-hydrogen) atoms. The molecule has 0 radical (unpaired) electrons. The molecule has 0 N–H and O–H groups in total.